The van der Waals surface area contributed by atoms with Crippen LogP contribution in [0.3, 0.4) is 0 Å². The van der Waals surface area contributed by atoms with Gasteiger partial charge in [-0.2, -0.15) is 0 Å². The maximum Gasteiger partial charge on any atom is 0.340 e. The number of hydrogen-bond donors (Lipinski definition) is 1. The minimum atomic E-state index is -1.19. The maximum absolute atomic E-state index is 11.5. The van der Waals surface area contributed by atoms with E-state index in [1.54, 1.807) is 6.07 Å². The van der Waals surface area contributed by atoms with Gasteiger partial charge in [-0.25, -0.2) is 4.79 Å². The number of nitrogens with zero attached hydrogens (tertiary/aromatic N) is 1. The highest BCUT2D eigenvalue weighted by Crippen LogP contribution is 2.37. The van der Waals surface area contributed by atoms with Crippen LogP contribution in [0, 0.1) is 10.1 Å². The zero-order valence-electron chi connectivity index (χ0n) is 10.8. The molecule has 7 nitrogen and oxygen atoms in total. The van der Waals surface area contributed by atoms with Crippen molar-refractivity contribution in [3.05, 3.63) is 46.0 Å². The van der Waals surface area contributed by atoms with E-state index in [9.17, 15) is 20.0 Å². The van der Waals surface area contributed by atoms with Gasteiger partial charge in [-0.15, -0.1) is 0 Å². The van der Waals surface area contributed by atoms with E-state index in [1.165, 1.54) is 31.4 Å². The molecule has 1 aromatic heterocycles. The summed E-state index contributed by atoms with van der Waals surface area (Å²) in [4.78, 5) is 21.8. The van der Waals surface area contributed by atoms with Gasteiger partial charge in [-0.05, 0) is 18.2 Å². The highest BCUT2D eigenvalue weighted by molar-refractivity contribution is 6.16. The molecule has 2 aromatic carbocycles. The fourth-order valence-electron chi connectivity index (χ4n) is 2.33. The van der Waals surface area contributed by atoms with Crippen LogP contribution in [0.5, 0.6) is 5.75 Å². The van der Waals surface area contributed by atoms with Crippen LogP contribution in [0.4, 0.5) is 5.69 Å². The van der Waals surface area contributed by atoms with E-state index in [2.05, 4.69) is 0 Å². The van der Waals surface area contributed by atoms with Gasteiger partial charge >= 0.3 is 5.97 Å². The van der Waals surface area contributed by atoms with Crippen LogP contribution in [0.1, 0.15) is 10.4 Å². The lowest BCUT2D eigenvalue weighted by atomic mass is 10.0. The van der Waals surface area contributed by atoms with Gasteiger partial charge in [-0.3, -0.25) is 10.1 Å². The number of aromatic carboxylic acids is 1. The number of non-ortho nitro benzene ring substituents is 1. The molecule has 0 aliphatic rings. The van der Waals surface area contributed by atoms with Crippen molar-refractivity contribution in [2.24, 2.45) is 0 Å². The molecule has 0 atom stereocenters. The molecule has 3 aromatic rings. The van der Waals surface area contributed by atoms with E-state index >= 15 is 0 Å². The molecule has 0 fully saturated rings. The summed E-state index contributed by atoms with van der Waals surface area (Å²) in [5.74, 6) is -1.02. The lowest BCUT2D eigenvalue weighted by molar-refractivity contribution is -0.384. The van der Waals surface area contributed by atoms with E-state index in [0.29, 0.717) is 21.9 Å². The van der Waals surface area contributed by atoms with Gasteiger partial charge in [0.15, 0.2) is 0 Å². The third kappa shape index (κ3) is 1.86. The highest BCUT2D eigenvalue weighted by Gasteiger charge is 2.21. The van der Waals surface area contributed by atoms with E-state index in [4.69, 9.17) is 9.15 Å². The molecule has 0 radical (unpaired) electrons. The third-order valence-electron chi connectivity index (χ3n) is 3.23. The summed E-state index contributed by atoms with van der Waals surface area (Å²) in [6.45, 7) is 0. The Bertz CT molecular complexity index is 895. The zero-order valence-corrected chi connectivity index (χ0v) is 10.8. The predicted molar refractivity (Wildman–Crippen MR) is 73.9 cm³/mol. The van der Waals surface area contributed by atoms with Gasteiger partial charge in [-0.1, -0.05) is 0 Å². The van der Waals surface area contributed by atoms with Gasteiger partial charge in [0.05, 0.1) is 12.0 Å². The van der Waals surface area contributed by atoms with Gasteiger partial charge in [0.2, 0.25) is 0 Å². The SMILES string of the molecule is COc1ccc2oc3ccc([N+](=O)[O-])cc3c2c1C(=O)O. The van der Waals surface area contributed by atoms with E-state index in [1.807, 2.05) is 0 Å². The first-order valence-corrected chi connectivity index (χ1v) is 5.94. The molecule has 0 aliphatic heterocycles. The molecule has 7 heteroatoms. The molecule has 0 saturated carbocycles. The molecule has 21 heavy (non-hydrogen) atoms. The second-order valence-electron chi connectivity index (χ2n) is 4.36. The fraction of sp³-hybridized carbons (Fsp3) is 0.0714. The lowest BCUT2D eigenvalue weighted by Gasteiger charge is -2.05. The summed E-state index contributed by atoms with van der Waals surface area (Å²) in [5.41, 5.74) is 0.508. The number of carboxylic acid groups (broad SMARTS) is 1. The average Bonchev–Trinajstić information content (AvgIpc) is 2.83. The number of methoxy groups -OCH3 is 1. The number of carboxylic acids is 1. The number of nitro benzene ring substituents is 1. The summed E-state index contributed by atoms with van der Waals surface area (Å²) < 4.78 is 10.6. The van der Waals surface area contributed by atoms with E-state index < -0.39 is 10.9 Å². The molecule has 3 rings (SSSR count). The third-order valence-corrected chi connectivity index (χ3v) is 3.23. The molecule has 0 aliphatic carbocycles. The Kier molecular flexibility index (Phi) is 2.76. The number of carbonyl (C=O) groups is 1. The van der Waals surface area contributed by atoms with Crippen molar-refractivity contribution in [2.75, 3.05) is 7.11 Å². The Balaban J connectivity index is 2.50. The second kappa shape index (κ2) is 4.48. The van der Waals surface area contributed by atoms with Crippen molar-refractivity contribution < 1.29 is 24.0 Å². The second-order valence-corrected chi connectivity index (χ2v) is 4.36. The average molecular weight is 287 g/mol. The number of nitro groups is 1. The summed E-state index contributed by atoms with van der Waals surface area (Å²) in [5, 5.41) is 20.9. The topological polar surface area (TPSA) is 103 Å². The van der Waals surface area contributed by atoms with Crippen molar-refractivity contribution in [1.29, 1.82) is 0 Å². The Hall–Kier alpha value is -3.09. The van der Waals surface area contributed by atoms with Crippen molar-refractivity contribution in [3.63, 3.8) is 0 Å². The van der Waals surface area contributed by atoms with Gasteiger partial charge in [0.25, 0.3) is 5.69 Å². The summed E-state index contributed by atoms with van der Waals surface area (Å²) in [6.07, 6.45) is 0. The number of benzene rings is 2. The van der Waals surface area contributed by atoms with Crippen LogP contribution < -0.4 is 4.74 Å². The summed E-state index contributed by atoms with van der Waals surface area (Å²) in [6, 6.07) is 7.12. The van der Waals surface area contributed by atoms with Crippen LogP contribution in [-0.2, 0) is 0 Å². The maximum atomic E-state index is 11.5. The van der Waals surface area contributed by atoms with Gasteiger partial charge < -0.3 is 14.3 Å². The van der Waals surface area contributed by atoms with Crippen LogP contribution in [0.15, 0.2) is 34.7 Å². The minimum Gasteiger partial charge on any atom is -0.496 e. The monoisotopic (exact) mass is 287 g/mol. The standard InChI is InChI=1S/C14H9NO6/c1-20-10-4-5-11-12(13(10)14(16)17)8-6-7(15(18)19)2-3-9(8)21-11/h2-6H,1H3,(H,16,17). The molecule has 0 saturated heterocycles. The Morgan fingerprint density at radius 2 is 2.00 bits per heavy atom. The summed E-state index contributed by atoms with van der Waals surface area (Å²) in [7, 11) is 1.36. The quantitative estimate of drug-likeness (QED) is 0.586. The van der Waals surface area contributed by atoms with Crippen molar-refractivity contribution in [3.8, 4) is 5.75 Å². The molecule has 0 amide bonds. The van der Waals surface area contributed by atoms with Gasteiger partial charge in [0.1, 0.15) is 22.5 Å². The molecule has 0 spiro atoms. The minimum absolute atomic E-state index is 0.0748. The molecule has 1 heterocycles. The van der Waals surface area contributed by atoms with E-state index in [-0.39, 0.29) is 17.0 Å². The number of fused-ring (bicyclic) bond motifs is 3. The number of hydrogen-bond acceptors (Lipinski definition) is 5. The number of ether oxygens (including phenoxy) is 1. The van der Waals surface area contributed by atoms with Crippen LogP contribution in [-0.4, -0.2) is 23.1 Å². The van der Waals surface area contributed by atoms with Crippen LogP contribution in [0.25, 0.3) is 21.9 Å². The number of furan rings is 1. The van der Waals surface area contributed by atoms with Crippen LogP contribution in [0.2, 0.25) is 0 Å². The largest absolute Gasteiger partial charge is 0.496 e. The molecule has 0 bridgehead atoms. The van der Waals surface area contributed by atoms with Gasteiger partial charge in [0, 0.05) is 22.9 Å². The lowest BCUT2D eigenvalue weighted by Crippen LogP contribution is -2.01. The molecular weight excluding hydrogens is 278 g/mol. The first kappa shape index (κ1) is 12.9. The normalized spacial score (nSPS) is 10.9. The Morgan fingerprint density at radius 1 is 1.29 bits per heavy atom. The van der Waals surface area contributed by atoms with Crippen molar-refractivity contribution in [1.82, 2.24) is 0 Å². The summed E-state index contributed by atoms with van der Waals surface area (Å²) >= 11 is 0. The molecule has 0 unspecified atom stereocenters. The molecule has 1 N–H and O–H groups in total. The fourth-order valence-corrected chi connectivity index (χ4v) is 2.33. The zero-order chi connectivity index (χ0) is 15.1. The Labute approximate surface area is 117 Å². The van der Waals surface area contributed by atoms with Crippen molar-refractivity contribution >= 4 is 33.6 Å². The first-order valence-electron chi connectivity index (χ1n) is 5.94. The Morgan fingerprint density at radius 3 is 2.62 bits per heavy atom. The highest BCUT2D eigenvalue weighted by atomic mass is 16.6. The van der Waals surface area contributed by atoms with E-state index in [0.717, 1.165) is 0 Å². The van der Waals surface area contributed by atoms with Crippen molar-refractivity contribution in [2.45, 2.75) is 0 Å². The smallest absolute Gasteiger partial charge is 0.340 e. The predicted octanol–water partition coefficient (Wildman–Crippen LogP) is 3.20. The number of rotatable bonds is 3. The molecule has 106 valence electrons. The first-order chi connectivity index (χ1) is 10.0. The van der Waals surface area contributed by atoms with Crippen LogP contribution >= 0.6 is 0 Å². The molecular formula is C14H9NO6.